The van der Waals surface area contributed by atoms with Crippen molar-refractivity contribution in [2.75, 3.05) is 39.4 Å². The number of nitrogens with one attached hydrogen (secondary N) is 1. The molecule has 0 aromatic carbocycles. The minimum atomic E-state index is -4.88. The largest absolute Gasteiger partial charge is 0.471 e. The van der Waals surface area contributed by atoms with Crippen molar-refractivity contribution >= 4 is 20.3 Å². The van der Waals surface area contributed by atoms with Crippen LogP contribution in [-0.4, -0.2) is 79.0 Å². The lowest BCUT2D eigenvalue weighted by molar-refractivity contribution is -0.173. The molecule has 208 valence electrons. The predicted octanol–water partition coefficient (Wildman–Crippen LogP) is 5.15. The van der Waals surface area contributed by atoms with Crippen LogP contribution < -0.4 is 5.32 Å². The Kier molecular flexibility index (Phi) is 13.4. The number of amides is 2. The number of hydrogen-bond donors (Lipinski definition) is 1. The molecule has 36 heavy (non-hydrogen) atoms. The van der Waals surface area contributed by atoms with E-state index in [-0.39, 0.29) is 50.0 Å². The van der Waals surface area contributed by atoms with Gasteiger partial charge >= 0.3 is 12.1 Å². The highest BCUT2D eigenvalue weighted by Crippen LogP contribution is 2.48. The molecule has 1 N–H and O–H groups in total. The standard InChI is InChI=1S/C24H42F3N4O4P/c1-19(2)31(20(3)4)36(34-17-14-28-6)35-18-23(5)11-15-30(16-12-23)21(32)10-8-7-9-13-29-22(33)24(25,26)27/h19-20H,7-18H2,1-5H3,(H,29,33)/i5T. The minimum absolute atomic E-state index is 0.00524. The molecule has 1 heterocycles. The molecule has 0 aromatic rings. The average Bonchev–Trinajstić information content (AvgIpc) is 2.83. The van der Waals surface area contributed by atoms with Gasteiger partial charge in [-0.3, -0.25) is 9.59 Å². The van der Waals surface area contributed by atoms with Crippen LogP contribution in [0, 0.1) is 12.0 Å². The Labute approximate surface area is 216 Å². The number of alkyl halides is 3. The maximum atomic E-state index is 12.6. The summed E-state index contributed by atoms with van der Waals surface area (Å²) in [6, 6.07) is 0.373. The molecular formula is C24H42F3N4O4P. The maximum absolute atomic E-state index is 12.6. The molecule has 1 rings (SSSR count). The highest BCUT2D eigenvalue weighted by Gasteiger charge is 2.38. The molecular weight excluding hydrogens is 496 g/mol. The maximum Gasteiger partial charge on any atom is 0.471 e. The quantitative estimate of drug-likeness (QED) is 0.177. The number of halogens is 3. The summed E-state index contributed by atoms with van der Waals surface area (Å²) in [4.78, 5) is 28.5. The second kappa shape index (κ2) is 15.7. The molecule has 1 atom stereocenters. The van der Waals surface area contributed by atoms with E-state index in [2.05, 4.69) is 37.2 Å². The van der Waals surface area contributed by atoms with Crippen molar-refractivity contribution in [3.05, 3.63) is 11.4 Å². The Hall–Kier alpha value is -1.47. The highest BCUT2D eigenvalue weighted by atomic mass is 31.2. The summed E-state index contributed by atoms with van der Waals surface area (Å²) in [5.41, 5.74) is -0.378. The fraction of sp³-hybridized carbons (Fsp3) is 0.875. The van der Waals surface area contributed by atoms with Crippen LogP contribution >= 0.6 is 8.53 Å². The van der Waals surface area contributed by atoms with E-state index in [1.54, 1.807) is 4.90 Å². The van der Waals surface area contributed by atoms with Crippen LogP contribution in [0.1, 0.15) is 74.5 Å². The number of piperidine rings is 1. The van der Waals surface area contributed by atoms with Crippen LogP contribution in [0.4, 0.5) is 13.2 Å². The van der Waals surface area contributed by atoms with Crippen molar-refractivity contribution in [1.29, 1.82) is 0 Å². The molecule has 8 nitrogen and oxygen atoms in total. The first-order chi connectivity index (χ1) is 17.4. The van der Waals surface area contributed by atoms with Gasteiger partial charge in [-0.05, 0) is 58.8 Å². The third-order valence-corrected chi connectivity index (χ3v) is 7.97. The topological polar surface area (TPSA) is 75.5 Å². The molecule has 1 aliphatic rings. The van der Waals surface area contributed by atoms with E-state index in [1.165, 1.54) is 0 Å². The number of unbranched alkanes of at least 4 members (excludes halogenated alkanes) is 2. The SMILES string of the molecule is [3H]CC1(COP(OCC[N+]#[C-])N(C(C)C)C(C)C)CCN(C(=O)CCCCCNC(=O)C(F)(F)F)CC1. The molecule has 0 aliphatic carbocycles. The summed E-state index contributed by atoms with van der Waals surface area (Å²) < 4.78 is 59.1. The van der Waals surface area contributed by atoms with Crippen LogP contribution in [0.15, 0.2) is 0 Å². The van der Waals surface area contributed by atoms with Gasteiger partial charge in [-0.1, -0.05) is 13.3 Å². The molecule has 1 unspecified atom stereocenters. The van der Waals surface area contributed by atoms with E-state index in [0.29, 0.717) is 58.2 Å². The van der Waals surface area contributed by atoms with Gasteiger partial charge < -0.3 is 24.1 Å². The molecule has 1 fully saturated rings. The van der Waals surface area contributed by atoms with E-state index < -0.39 is 20.6 Å². The van der Waals surface area contributed by atoms with Gasteiger partial charge in [0.2, 0.25) is 12.5 Å². The molecule has 0 radical (unpaired) electrons. The first-order valence-corrected chi connectivity index (χ1v) is 13.6. The monoisotopic (exact) mass is 540 g/mol. The summed E-state index contributed by atoms with van der Waals surface area (Å²) in [5.74, 6) is -1.95. The number of likely N-dealkylation sites (tertiary alicyclic amines) is 1. The second-order valence-electron chi connectivity index (χ2n) is 9.74. The summed E-state index contributed by atoms with van der Waals surface area (Å²) in [6.45, 7) is 17.3. The van der Waals surface area contributed by atoms with Gasteiger partial charge in [-0.15, -0.1) is 0 Å². The lowest BCUT2D eigenvalue weighted by Crippen LogP contribution is -2.44. The van der Waals surface area contributed by atoms with Crippen molar-refractivity contribution in [1.82, 2.24) is 14.9 Å². The van der Waals surface area contributed by atoms with Crippen molar-refractivity contribution in [3.63, 3.8) is 0 Å². The molecule has 2 amide bonds. The Morgan fingerprint density at radius 2 is 1.81 bits per heavy atom. The van der Waals surface area contributed by atoms with Crippen LogP contribution in [-0.2, 0) is 18.6 Å². The highest BCUT2D eigenvalue weighted by molar-refractivity contribution is 7.44. The molecule has 0 aromatic heterocycles. The van der Waals surface area contributed by atoms with Crippen molar-refractivity contribution in [3.8, 4) is 0 Å². The Morgan fingerprint density at radius 1 is 1.17 bits per heavy atom. The number of rotatable bonds is 15. The zero-order chi connectivity index (χ0) is 28.1. The first-order valence-electron chi connectivity index (χ1n) is 13.2. The lowest BCUT2D eigenvalue weighted by atomic mass is 9.81. The molecule has 12 heteroatoms. The van der Waals surface area contributed by atoms with Crippen molar-refractivity contribution in [2.24, 2.45) is 5.41 Å². The third kappa shape index (κ3) is 11.7. The smallest absolute Gasteiger partial charge is 0.348 e. The van der Waals surface area contributed by atoms with E-state index in [4.69, 9.17) is 17.0 Å². The van der Waals surface area contributed by atoms with Crippen LogP contribution in [0.25, 0.3) is 4.85 Å². The molecule has 1 saturated heterocycles. The van der Waals surface area contributed by atoms with Gasteiger partial charge in [0, 0.05) is 39.5 Å². The second-order valence-corrected chi connectivity index (χ2v) is 11.2. The fourth-order valence-corrected chi connectivity index (χ4v) is 5.63. The average molecular weight is 541 g/mol. The van der Waals surface area contributed by atoms with Gasteiger partial charge in [0.05, 0.1) is 6.61 Å². The zero-order valence-corrected chi connectivity index (χ0v) is 22.8. The number of hydrogen-bond acceptors (Lipinski definition) is 5. The molecule has 0 bridgehead atoms. The lowest BCUT2D eigenvalue weighted by Gasteiger charge is -2.41. The normalized spacial score (nSPS) is 17.2. The molecule has 1 aliphatic heterocycles. The van der Waals surface area contributed by atoms with E-state index in [9.17, 15) is 22.8 Å². The summed E-state index contributed by atoms with van der Waals surface area (Å²) in [7, 11) is -1.39. The van der Waals surface area contributed by atoms with Gasteiger partial charge in [0.1, 0.15) is 6.61 Å². The van der Waals surface area contributed by atoms with Gasteiger partial charge in [0.15, 0.2) is 0 Å². The Bertz CT molecular complexity index is 736. The molecule has 0 spiro atoms. The van der Waals surface area contributed by atoms with Gasteiger partial charge in [0.25, 0.3) is 8.53 Å². The number of carbonyl (C=O) groups excluding carboxylic acids is 2. The van der Waals surface area contributed by atoms with Crippen LogP contribution in [0.2, 0.25) is 0 Å². The van der Waals surface area contributed by atoms with Crippen molar-refractivity contribution in [2.45, 2.75) is 91.4 Å². The predicted molar refractivity (Wildman–Crippen MR) is 134 cm³/mol. The van der Waals surface area contributed by atoms with Crippen LogP contribution in [0.3, 0.4) is 0 Å². The zero-order valence-electron chi connectivity index (χ0n) is 22.9. The summed E-state index contributed by atoms with van der Waals surface area (Å²) in [5, 5.41) is 1.83. The number of carbonyl (C=O) groups is 2. The number of nitrogens with zero attached hydrogens (tertiary/aromatic N) is 3. The Balaban J connectivity index is 2.51. The van der Waals surface area contributed by atoms with Gasteiger partial charge in [-0.2, -0.15) is 13.2 Å². The van der Waals surface area contributed by atoms with Gasteiger partial charge in [-0.25, -0.2) is 11.2 Å². The van der Waals surface area contributed by atoms with E-state index in [1.807, 2.05) is 5.32 Å². The Morgan fingerprint density at radius 3 is 2.33 bits per heavy atom. The van der Waals surface area contributed by atoms with Crippen molar-refractivity contribution < 1.29 is 33.2 Å². The fourth-order valence-electron chi connectivity index (χ4n) is 3.91. The van der Waals surface area contributed by atoms with E-state index in [0.717, 1.165) is 0 Å². The first kappa shape index (κ1) is 30.8. The third-order valence-electron chi connectivity index (χ3n) is 5.92. The van der Waals surface area contributed by atoms with E-state index >= 15 is 0 Å². The van der Waals surface area contributed by atoms with Crippen LogP contribution in [0.5, 0.6) is 0 Å². The minimum Gasteiger partial charge on any atom is -0.348 e. The summed E-state index contributed by atoms with van der Waals surface area (Å²) in [6.07, 6.45) is -1.84. The molecule has 0 saturated carbocycles. The summed E-state index contributed by atoms with van der Waals surface area (Å²) >= 11 is 0.